The van der Waals surface area contributed by atoms with Gasteiger partial charge >= 0.3 is 5.97 Å². The predicted octanol–water partition coefficient (Wildman–Crippen LogP) is 2.66. The third kappa shape index (κ3) is 2.62. The largest absolute Gasteiger partial charge is 0.479 e. The Balaban J connectivity index is 2.26. The van der Waals surface area contributed by atoms with Crippen molar-refractivity contribution < 1.29 is 14.6 Å². The maximum absolute atomic E-state index is 10.7. The molecule has 17 heavy (non-hydrogen) atoms. The molecule has 2 rings (SSSR count). The molecule has 88 valence electrons. The zero-order valence-corrected chi connectivity index (χ0v) is 9.98. The molecule has 2 heterocycles. The molecule has 0 amide bonds. The predicted molar refractivity (Wildman–Crippen MR) is 65.3 cm³/mol. The molecule has 2 aromatic rings. The zero-order chi connectivity index (χ0) is 12.3. The number of pyridine rings is 1. The van der Waals surface area contributed by atoms with Gasteiger partial charge < -0.3 is 9.84 Å². The van der Waals surface area contributed by atoms with Crippen LogP contribution in [0.2, 0.25) is 0 Å². The summed E-state index contributed by atoms with van der Waals surface area (Å²) in [5, 5.41) is 12.5. The number of aromatic nitrogens is 1. The topological polar surface area (TPSA) is 59.4 Å². The van der Waals surface area contributed by atoms with Crippen LogP contribution in [0.5, 0.6) is 5.75 Å². The Labute approximate surface area is 103 Å². The van der Waals surface area contributed by atoms with Crippen LogP contribution in [-0.4, -0.2) is 22.2 Å². The number of thiophene rings is 1. The van der Waals surface area contributed by atoms with E-state index in [4.69, 9.17) is 9.84 Å². The fourth-order valence-electron chi connectivity index (χ4n) is 1.35. The maximum Gasteiger partial charge on any atom is 0.344 e. The minimum atomic E-state index is -0.978. The summed E-state index contributed by atoms with van der Waals surface area (Å²) >= 11 is 1.47. The van der Waals surface area contributed by atoms with Crippen LogP contribution in [0.25, 0.3) is 11.1 Å². The Bertz CT molecular complexity index is 509. The number of hydrogen-bond donors (Lipinski definition) is 1. The summed E-state index contributed by atoms with van der Waals surface area (Å²) in [7, 11) is 0. The first kappa shape index (κ1) is 11.6. The van der Waals surface area contributed by atoms with Crippen molar-refractivity contribution in [1.29, 1.82) is 0 Å². The maximum atomic E-state index is 10.7. The molecule has 1 N–H and O–H groups in total. The van der Waals surface area contributed by atoms with Crippen LogP contribution in [0.15, 0.2) is 35.3 Å². The van der Waals surface area contributed by atoms with Crippen molar-refractivity contribution in [2.75, 3.05) is 0 Å². The molecular formula is C12H11NO3S. The van der Waals surface area contributed by atoms with E-state index in [9.17, 15) is 4.79 Å². The molecule has 4 nitrogen and oxygen atoms in total. The third-order valence-electron chi connectivity index (χ3n) is 2.25. The van der Waals surface area contributed by atoms with Crippen molar-refractivity contribution in [1.82, 2.24) is 4.98 Å². The molecule has 0 aliphatic carbocycles. The Morgan fingerprint density at radius 3 is 3.00 bits per heavy atom. The molecule has 0 aliphatic rings. The van der Waals surface area contributed by atoms with Crippen molar-refractivity contribution >= 4 is 17.3 Å². The molecule has 0 spiro atoms. The van der Waals surface area contributed by atoms with E-state index in [0.717, 1.165) is 11.1 Å². The van der Waals surface area contributed by atoms with Gasteiger partial charge in [-0.25, -0.2) is 4.79 Å². The molecule has 0 saturated heterocycles. The molecule has 0 unspecified atom stereocenters. The van der Waals surface area contributed by atoms with E-state index >= 15 is 0 Å². The fraction of sp³-hybridized carbons (Fsp3) is 0.167. The van der Waals surface area contributed by atoms with Crippen molar-refractivity contribution in [3.05, 3.63) is 35.3 Å². The minimum Gasteiger partial charge on any atom is -0.479 e. The van der Waals surface area contributed by atoms with Gasteiger partial charge in [0.05, 0.1) is 0 Å². The molecule has 0 fully saturated rings. The number of ether oxygens (including phenoxy) is 1. The molecule has 0 bridgehead atoms. The third-order valence-corrected chi connectivity index (χ3v) is 2.97. The van der Waals surface area contributed by atoms with Gasteiger partial charge in [-0.15, -0.1) is 11.3 Å². The number of carboxylic acid groups (broad SMARTS) is 1. The summed E-state index contributed by atoms with van der Waals surface area (Å²) in [5.74, 6) is -0.397. The van der Waals surface area contributed by atoms with Gasteiger partial charge in [-0.05, 0) is 13.0 Å². The van der Waals surface area contributed by atoms with E-state index in [2.05, 4.69) is 4.98 Å². The Hall–Kier alpha value is -1.88. The van der Waals surface area contributed by atoms with Crippen LogP contribution in [0.3, 0.4) is 0 Å². The molecular weight excluding hydrogens is 238 g/mol. The molecule has 5 heteroatoms. The van der Waals surface area contributed by atoms with Crippen LogP contribution < -0.4 is 4.74 Å². The monoisotopic (exact) mass is 249 g/mol. The first-order valence-electron chi connectivity index (χ1n) is 5.04. The van der Waals surface area contributed by atoms with Crippen molar-refractivity contribution in [3.8, 4) is 16.9 Å². The van der Waals surface area contributed by atoms with Gasteiger partial charge in [-0.1, -0.05) is 6.07 Å². The summed E-state index contributed by atoms with van der Waals surface area (Å²) in [6.45, 7) is 1.51. The lowest BCUT2D eigenvalue weighted by Crippen LogP contribution is -2.22. The van der Waals surface area contributed by atoms with E-state index in [-0.39, 0.29) is 0 Å². The second-order valence-electron chi connectivity index (χ2n) is 3.49. The second kappa shape index (κ2) is 4.97. The summed E-state index contributed by atoms with van der Waals surface area (Å²) in [4.78, 5) is 14.8. The first-order chi connectivity index (χ1) is 8.18. The van der Waals surface area contributed by atoms with E-state index < -0.39 is 12.1 Å². The van der Waals surface area contributed by atoms with Crippen LogP contribution in [-0.2, 0) is 4.79 Å². The number of carboxylic acids is 1. The highest BCUT2D eigenvalue weighted by Crippen LogP contribution is 2.33. The molecule has 0 radical (unpaired) electrons. The first-order valence-corrected chi connectivity index (χ1v) is 5.99. The molecule has 0 saturated carbocycles. The number of rotatable bonds is 4. The number of aliphatic carboxylic acids is 1. The van der Waals surface area contributed by atoms with E-state index in [1.807, 2.05) is 17.5 Å². The summed E-state index contributed by atoms with van der Waals surface area (Å²) in [6, 6.07) is 3.74. The Morgan fingerprint density at radius 2 is 2.35 bits per heavy atom. The zero-order valence-electron chi connectivity index (χ0n) is 9.16. The molecule has 0 aromatic carbocycles. The normalized spacial score (nSPS) is 12.1. The van der Waals surface area contributed by atoms with Crippen molar-refractivity contribution in [3.63, 3.8) is 0 Å². The van der Waals surface area contributed by atoms with E-state index in [1.165, 1.54) is 18.3 Å². The SMILES string of the molecule is C[C@H](Oc1cscc1-c1cccnc1)C(=O)O. The quantitative estimate of drug-likeness (QED) is 0.905. The molecule has 1 atom stereocenters. The molecule has 2 aromatic heterocycles. The highest BCUT2D eigenvalue weighted by atomic mass is 32.1. The van der Waals surface area contributed by atoms with Crippen LogP contribution >= 0.6 is 11.3 Å². The van der Waals surface area contributed by atoms with Gasteiger partial charge in [0.1, 0.15) is 5.75 Å². The van der Waals surface area contributed by atoms with Gasteiger partial charge in [0.2, 0.25) is 0 Å². The lowest BCUT2D eigenvalue weighted by molar-refractivity contribution is -0.144. The van der Waals surface area contributed by atoms with Gasteiger partial charge in [-0.2, -0.15) is 0 Å². The number of nitrogens with zero attached hydrogens (tertiary/aromatic N) is 1. The number of carbonyl (C=O) groups is 1. The van der Waals surface area contributed by atoms with Crippen LogP contribution in [0.4, 0.5) is 0 Å². The highest BCUT2D eigenvalue weighted by Gasteiger charge is 2.16. The summed E-state index contributed by atoms with van der Waals surface area (Å²) in [5.41, 5.74) is 1.79. The standard InChI is InChI=1S/C12H11NO3S/c1-8(12(14)15)16-11-7-17-6-10(11)9-3-2-4-13-5-9/h2-8H,1H3,(H,14,15)/t8-/m0/s1. The minimum absolute atomic E-state index is 0.581. The molecule has 0 aliphatic heterocycles. The average molecular weight is 249 g/mol. The van der Waals surface area contributed by atoms with Crippen molar-refractivity contribution in [2.24, 2.45) is 0 Å². The van der Waals surface area contributed by atoms with E-state index in [1.54, 1.807) is 17.8 Å². The lowest BCUT2D eigenvalue weighted by Gasteiger charge is -2.10. The van der Waals surface area contributed by atoms with Gasteiger partial charge in [0.25, 0.3) is 0 Å². The van der Waals surface area contributed by atoms with Gasteiger partial charge in [0.15, 0.2) is 6.10 Å². The smallest absolute Gasteiger partial charge is 0.344 e. The lowest BCUT2D eigenvalue weighted by atomic mass is 10.1. The average Bonchev–Trinajstić information content (AvgIpc) is 2.78. The van der Waals surface area contributed by atoms with Crippen LogP contribution in [0, 0.1) is 0 Å². The Morgan fingerprint density at radius 1 is 1.53 bits per heavy atom. The van der Waals surface area contributed by atoms with Gasteiger partial charge in [0, 0.05) is 34.3 Å². The summed E-state index contributed by atoms with van der Waals surface area (Å²) in [6.07, 6.45) is 2.55. The Kier molecular flexibility index (Phi) is 3.39. The highest BCUT2D eigenvalue weighted by molar-refractivity contribution is 7.08. The number of hydrogen-bond acceptors (Lipinski definition) is 4. The van der Waals surface area contributed by atoms with E-state index in [0.29, 0.717) is 5.75 Å². The van der Waals surface area contributed by atoms with Crippen molar-refractivity contribution in [2.45, 2.75) is 13.0 Å². The van der Waals surface area contributed by atoms with Gasteiger partial charge in [-0.3, -0.25) is 4.98 Å². The second-order valence-corrected chi connectivity index (χ2v) is 4.23. The fourth-order valence-corrected chi connectivity index (χ4v) is 2.11. The summed E-state index contributed by atoms with van der Waals surface area (Å²) < 4.78 is 5.38. The van der Waals surface area contributed by atoms with Crippen LogP contribution in [0.1, 0.15) is 6.92 Å².